The standard InChI is InChI=1S/C28H34N2O6/c1-4-36-23-11-8-21(18-19(23)2)26(31)24-25(20-6-9-22(34-3)10-7-20)30(28(33)27(24)32)13-5-12-29-14-16-35-17-15-29/h6-11,18,25,31H,4-5,12-17H2,1-3H3/t25-/m1/s1. The fraction of sp³-hybridized carbons (Fsp3) is 0.429. The van der Waals surface area contributed by atoms with Gasteiger partial charge < -0.3 is 24.2 Å². The van der Waals surface area contributed by atoms with Gasteiger partial charge in [-0.05, 0) is 61.7 Å². The minimum absolute atomic E-state index is 0.0973. The number of Topliss-reactive ketones (excluding diaryl/α,β-unsaturated/α-hetero) is 1. The molecule has 1 amide bonds. The first-order chi connectivity index (χ1) is 17.4. The second-order valence-electron chi connectivity index (χ2n) is 8.99. The third-order valence-corrected chi connectivity index (χ3v) is 6.70. The van der Waals surface area contributed by atoms with Gasteiger partial charge in [0.15, 0.2) is 0 Å². The molecule has 0 unspecified atom stereocenters. The zero-order chi connectivity index (χ0) is 25.7. The summed E-state index contributed by atoms with van der Waals surface area (Å²) in [5.74, 6) is -0.0706. The molecule has 2 aromatic rings. The maximum Gasteiger partial charge on any atom is 0.295 e. The zero-order valence-electron chi connectivity index (χ0n) is 21.2. The van der Waals surface area contributed by atoms with Gasteiger partial charge in [-0.15, -0.1) is 0 Å². The lowest BCUT2D eigenvalue weighted by Gasteiger charge is -2.29. The second kappa shape index (κ2) is 11.6. The summed E-state index contributed by atoms with van der Waals surface area (Å²) in [4.78, 5) is 30.3. The molecule has 0 saturated carbocycles. The molecule has 0 spiro atoms. The normalized spacial score (nSPS) is 20.1. The van der Waals surface area contributed by atoms with E-state index in [4.69, 9.17) is 14.2 Å². The Balaban J connectivity index is 1.68. The van der Waals surface area contributed by atoms with Gasteiger partial charge in [-0.1, -0.05) is 12.1 Å². The average Bonchev–Trinajstić information content (AvgIpc) is 3.15. The number of methoxy groups -OCH3 is 1. The number of ether oxygens (including phenoxy) is 3. The third kappa shape index (κ3) is 5.39. The van der Waals surface area contributed by atoms with Crippen LogP contribution in [-0.2, 0) is 14.3 Å². The topological polar surface area (TPSA) is 88.5 Å². The van der Waals surface area contributed by atoms with Crippen molar-refractivity contribution in [1.29, 1.82) is 0 Å². The molecule has 2 aromatic carbocycles. The number of aryl methyl sites for hydroxylation is 1. The van der Waals surface area contributed by atoms with Crippen LogP contribution in [0.1, 0.15) is 36.1 Å². The molecule has 2 aliphatic rings. The highest BCUT2D eigenvalue weighted by molar-refractivity contribution is 6.46. The van der Waals surface area contributed by atoms with E-state index >= 15 is 0 Å². The molecule has 8 heteroatoms. The number of rotatable bonds is 9. The van der Waals surface area contributed by atoms with Crippen molar-refractivity contribution in [3.63, 3.8) is 0 Å². The number of ketones is 1. The molecule has 2 saturated heterocycles. The largest absolute Gasteiger partial charge is 0.507 e. The van der Waals surface area contributed by atoms with Crippen molar-refractivity contribution in [2.24, 2.45) is 0 Å². The fourth-order valence-corrected chi connectivity index (χ4v) is 4.80. The summed E-state index contributed by atoms with van der Waals surface area (Å²) in [6.45, 7) is 8.65. The van der Waals surface area contributed by atoms with E-state index in [2.05, 4.69) is 4.90 Å². The van der Waals surface area contributed by atoms with Crippen molar-refractivity contribution in [3.8, 4) is 11.5 Å². The van der Waals surface area contributed by atoms with Crippen LogP contribution >= 0.6 is 0 Å². The van der Waals surface area contributed by atoms with E-state index in [1.165, 1.54) is 0 Å². The van der Waals surface area contributed by atoms with Gasteiger partial charge in [0.05, 0.1) is 38.5 Å². The van der Waals surface area contributed by atoms with Crippen molar-refractivity contribution >= 4 is 17.4 Å². The van der Waals surface area contributed by atoms with Gasteiger partial charge >= 0.3 is 0 Å². The summed E-state index contributed by atoms with van der Waals surface area (Å²) >= 11 is 0. The van der Waals surface area contributed by atoms with Gasteiger partial charge in [-0.2, -0.15) is 0 Å². The SMILES string of the molecule is CCOc1ccc(C(O)=C2C(=O)C(=O)N(CCCN3CCOCC3)[C@@H]2c2ccc(OC)cc2)cc1C. The Labute approximate surface area is 212 Å². The number of nitrogens with zero attached hydrogens (tertiary/aromatic N) is 2. The number of benzene rings is 2. The molecule has 2 aliphatic heterocycles. The Hall–Kier alpha value is -3.36. The maximum absolute atomic E-state index is 13.3. The van der Waals surface area contributed by atoms with E-state index in [0.717, 1.165) is 30.8 Å². The van der Waals surface area contributed by atoms with Crippen molar-refractivity contribution in [2.45, 2.75) is 26.3 Å². The van der Waals surface area contributed by atoms with Crippen LogP contribution < -0.4 is 9.47 Å². The lowest BCUT2D eigenvalue weighted by molar-refractivity contribution is -0.140. The molecule has 36 heavy (non-hydrogen) atoms. The Morgan fingerprint density at radius 3 is 2.44 bits per heavy atom. The van der Waals surface area contributed by atoms with Crippen LogP contribution in [0.3, 0.4) is 0 Å². The van der Waals surface area contributed by atoms with Crippen LogP contribution in [0.5, 0.6) is 11.5 Å². The second-order valence-corrected chi connectivity index (χ2v) is 8.99. The number of carbonyl (C=O) groups excluding carboxylic acids is 2. The number of amides is 1. The molecule has 192 valence electrons. The molecule has 0 radical (unpaired) electrons. The van der Waals surface area contributed by atoms with E-state index in [-0.39, 0.29) is 11.3 Å². The predicted molar refractivity (Wildman–Crippen MR) is 136 cm³/mol. The van der Waals surface area contributed by atoms with E-state index in [0.29, 0.717) is 49.8 Å². The van der Waals surface area contributed by atoms with E-state index in [9.17, 15) is 14.7 Å². The lowest BCUT2D eigenvalue weighted by Crippen LogP contribution is -2.38. The Bertz CT molecular complexity index is 1120. The van der Waals surface area contributed by atoms with Crippen LogP contribution in [0, 0.1) is 6.92 Å². The molecule has 2 fully saturated rings. The van der Waals surface area contributed by atoms with Crippen molar-refractivity contribution in [2.75, 3.05) is 53.1 Å². The van der Waals surface area contributed by atoms with E-state index < -0.39 is 17.7 Å². The minimum Gasteiger partial charge on any atom is -0.507 e. The zero-order valence-corrected chi connectivity index (χ0v) is 21.2. The Morgan fingerprint density at radius 1 is 1.08 bits per heavy atom. The van der Waals surface area contributed by atoms with Gasteiger partial charge in [0.25, 0.3) is 11.7 Å². The monoisotopic (exact) mass is 494 g/mol. The summed E-state index contributed by atoms with van der Waals surface area (Å²) in [5.41, 5.74) is 2.15. The highest BCUT2D eigenvalue weighted by atomic mass is 16.5. The minimum atomic E-state index is -0.688. The molecule has 1 N–H and O–H groups in total. The first kappa shape index (κ1) is 25.7. The number of hydrogen-bond acceptors (Lipinski definition) is 7. The Morgan fingerprint density at radius 2 is 1.81 bits per heavy atom. The number of aliphatic hydroxyl groups excluding tert-OH is 1. The first-order valence-corrected chi connectivity index (χ1v) is 12.4. The van der Waals surface area contributed by atoms with Crippen molar-refractivity contribution in [1.82, 2.24) is 9.80 Å². The molecule has 0 bridgehead atoms. The van der Waals surface area contributed by atoms with Gasteiger partial charge in [0.1, 0.15) is 17.3 Å². The summed E-state index contributed by atoms with van der Waals surface area (Å²) in [5, 5.41) is 11.3. The molecular formula is C28H34N2O6. The summed E-state index contributed by atoms with van der Waals surface area (Å²) < 4.78 is 16.3. The predicted octanol–water partition coefficient (Wildman–Crippen LogP) is 3.55. The molecule has 0 aromatic heterocycles. The summed E-state index contributed by atoms with van der Waals surface area (Å²) in [6.07, 6.45) is 0.710. The Kier molecular flexibility index (Phi) is 8.28. The molecule has 0 aliphatic carbocycles. The first-order valence-electron chi connectivity index (χ1n) is 12.4. The van der Waals surface area contributed by atoms with Crippen LogP contribution in [0.25, 0.3) is 5.76 Å². The fourth-order valence-electron chi connectivity index (χ4n) is 4.80. The molecule has 4 rings (SSSR count). The smallest absolute Gasteiger partial charge is 0.295 e. The van der Waals surface area contributed by atoms with Crippen LogP contribution in [0.15, 0.2) is 48.0 Å². The molecular weight excluding hydrogens is 460 g/mol. The molecule has 8 nitrogen and oxygen atoms in total. The highest BCUT2D eigenvalue weighted by Crippen LogP contribution is 2.40. The van der Waals surface area contributed by atoms with Gasteiger partial charge in [0.2, 0.25) is 0 Å². The van der Waals surface area contributed by atoms with Crippen molar-refractivity contribution in [3.05, 3.63) is 64.7 Å². The van der Waals surface area contributed by atoms with Crippen LogP contribution in [0.2, 0.25) is 0 Å². The molecule has 1 atom stereocenters. The number of carbonyl (C=O) groups is 2. The van der Waals surface area contributed by atoms with Gasteiger partial charge in [-0.25, -0.2) is 0 Å². The van der Waals surface area contributed by atoms with Gasteiger partial charge in [-0.3, -0.25) is 14.5 Å². The van der Waals surface area contributed by atoms with E-state index in [1.54, 1.807) is 42.3 Å². The third-order valence-electron chi connectivity index (χ3n) is 6.70. The number of hydrogen-bond donors (Lipinski definition) is 1. The maximum atomic E-state index is 13.3. The summed E-state index contributed by atoms with van der Waals surface area (Å²) in [6, 6.07) is 11.8. The lowest BCUT2D eigenvalue weighted by atomic mass is 9.94. The average molecular weight is 495 g/mol. The quantitative estimate of drug-likeness (QED) is 0.324. The number of likely N-dealkylation sites (tertiary alicyclic amines) is 1. The van der Waals surface area contributed by atoms with Crippen molar-refractivity contribution < 1.29 is 28.9 Å². The summed E-state index contributed by atoms with van der Waals surface area (Å²) in [7, 11) is 1.58. The van der Waals surface area contributed by atoms with E-state index in [1.807, 2.05) is 26.0 Å². The molecule has 2 heterocycles. The number of morpholine rings is 1. The van der Waals surface area contributed by atoms with Gasteiger partial charge in [0, 0.05) is 31.7 Å². The highest BCUT2D eigenvalue weighted by Gasteiger charge is 2.45. The number of aliphatic hydroxyl groups is 1. The van der Waals surface area contributed by atoms with Crippen LogP contribution in [0.4, 0.5) is 0 Å². The van der Waals surface area contributed by atoms with Crippen LogP contribution in [-0.4, -0.2) is 79.7 Å².